The van der Waals surface area contributed by atoms with Gasteiger partial charge in [0, 0.05) is 18.3 Å². The third-order valence-corrected chi connectivity index (χ3v) is 2.29. The number of hydrogen-bond donors (Lipinski definition) is 2. The van der Waals surface area contributed by atoms with Gasteiger partial charge < -0.3 is 15.1 Å². The largest absolute Gasteiger partial charge is 0.395 e. The van der Waals surface area contributed by atoms with Crippen molar-refractivity contribution < 1.29 is 19.0 Å². The van der Waals surface area contributed by atoms with Gasteiger partial charge in [-0.3, -0.25) is 0 Å². The number of halogens is 2. The molecule has 0 aliphatic rings. The highest BCUT2D eigenvalue weighted by Crippen LogP contribution is 2.23. The van der Waals surface area contributed by atoms with Gasteiger partial charge in [0.1, 0.15) is 5.82 Å². The second-order valence-corrected chi connectivity index (χ2v) is 3.65. The summed E-state index contributed by atoms with van der Waals surface area (Å²) in [6.07, 6.45) is -1.85. The highest BCUT2D eigenvalue weighted by Gasteiger charge is 2.18. The zero-order chi connectivity index (χ0) is 12.8. The van der Waals surface area contributed by atoms with Crippen LogP contribution in [0.25, 0.3) is 0 Å². The monoisotopic (exact) mass is 246 g/mol. The van der Waals surface area contributed by atoms with E-state index in [1.165, 1.54) is 11.1 Å². The molecule has 0 bridgehead atoms. The molecule has 0 radical (unpaired) electrons. The summed E-state index contributed by atoms with van der Waals surface area (Å²) in [4.78, 5) is 5.26. The van der Waals surface area contributed by atoms with Crippen molar-refractivity contribution >= 4 is 5.82 Å². The van der Waals surface area contributed by atoms with Crippen LogP contribution in [0.2, 0.25) is 0 Å². The summed E-state index contributed by atoms with van der Waals surface area (Å²) in [5.41, 5.74) is 0.474. The van der Waals surface area contributed by atoms with E-state index in [9.17, 15) is 13.9 Å². The average Bonchev–Trinajstić information content (AvgIpc) is 2.28. The number of pyridine rings is 1. The van der Waals surface area contributed by atoms with E-state index in [4.69, 9.17) is 5.11 Å². The van der Waals surface area contributed by atoms with Gasteiger partial charge in [-0.15, -0.1) is 0 Å². The van der Waals surface area contributed by atoms with Crippen molar-refractivity contribution in [1.29, 1.82) is 0 Å². The summed E-state index contributed by atoms with van der Waals surface area (Å²) >= 11 is 0. The Morgan fingerprint density at radius 3 is 2.71 bits per heavy atom. The Hall–Kier alpha value is -1.27. The highest BCUT2D eigenvalue weighted by atomic mass is 19.3. The Morgan fingerprint density at radius 1 is 1.47 bits per heavy atom. The van der Waals surface area contributed by atoms with E-state index < -0.39 is 19.1 Å². The van der Waals surface area contributed by atoms with Crippen LogP contribution >= 0.6 is 0 Å². The average molecular weight is 246 g/mol. The Morgan fingerprint density at radius 2 is 2.18 bits per heavy atom. The summed E-state index contributed by atoms with van der Waals surface area (Å²) in [6.45, 7) is 0.834. The predicted molar refractivity (Wildman–Crippen MR) is 60.2 cm³/mol. The number of hydrogen-bond acceptors (Lipinski definition) is 4. The molecule has 96 valence electrons. The van der Waals surface area contributed by atoms with Gasteiger partial charge in [0.05, 0.1) is 19.3 Å². The molecule has 1 aromatic heterocycles. The first-order valence-electron chi connectivity index (χ1n) is 5.33. The van der Waals surface area contributed by atoms with Crippen LogP contribution in [0.4, 0.5) is 14.6 Å². The lowest BCUT2D eigenvalue weighted by Crippen LogP contribution is -2.33. The van der Waals surface area contributed by atoms with E-state index in [0.29, 0.717) is 5.56 Å². The fourth-order valence-electron chi connectivity index (χ4n) is 1.57. The Kier molecular flexibility index (Phi) is 5.24. The Balaban J connectivity index is 2.99. The minimum atomic E-state index is -2.52. The van der Waals surface area contributed by atoms with Crippen LogP contribution < -0.4 is 4.90 Å². The van der Waals surface area contributed by atoms with Crippen LogP contribution in [-0.4, -0.2) is 41.3 Å². The maximum Gasteiger partial charge on any atom is 0.255 e. The fourth-order valence-corrected chi connectivity index (χ4v) is 1.57. The quantitative estimate of drug-likeness (QED) is 0.792. The molecule has 0 spiro atoms. The van der Waals surface area contributed by atoms with Gasteiger partial charge in [-0.25, -0.2) is 13.8 Å². The molecule has 1 heterocycles. The maximum atomic E-state index is 12.4. The zero-order valence-electron chi connectivity index (χ0n) is 9.55. The van der Waals surface area contributed by atoms with E-state index in [-0.39, 0.29) is 19.0 Å². The molecule has 0 aliphatic heterocycles. The minimum absolute atomic E-state index is 0.0566. The predicted octanol–water partition coefficient (Wildman–Crippen LogP) is 1.20. The normalized spacial score (nSPS) is 12.8. The molecular formula is C11H16F2N2O2. The van der Waals surface area contributed by atoms with Crippen LogP contribution in [0.5, 0.6) is 0 Å². The Labute approximate surface area is 98.5 Å². The smallest absolute Gasteiger partial charge is 0.255 e. The molecule has 0 saturated heterocycles. The fraction of sp³-hybridized carbons (Fsp3) is 0.545. The van der Waals surface area contributed by atoms with Crippen LogP contribution in [0.15, 0.2) is 18.3 Å². The van der Waals surface area contributed by atoms with Gasteiger partial charge in [-0.05, 0) is 13.0 Å². The van der Waals surface area contributed by atoms with E-state index in [1.807, 2.05) is 0 Å². The molecule has 0 aromatic carbocycles. The van der Waals surface area contributed by atoms with Gasteiger partial charge >= 0.3 is 0 Å². The minimum Gasteiger partial charge on any atom is -0.395 e. The van der Waals surface area contributed by atoms with Crippen molar-refractivity contribution in [2.75, 3.05) is 24.6 Å². The lowest BCUT2D eigenvalue weighted by Gasteiger charge is -2.25. The third kappa shape index (κ3) is 3.90. The molecule has 0 saturated carbocycles. The second kappa shape index (κ2) is 6.46. The Bertz CT molecular complexity index is 348. The zero-order valence-corrected chi connectivity index (χ0v) is 9.55. The van der Waals surface area contributed by atoms with Crippen molar-refractivity contribution in [3.8, 4) is 0 Å². The number of aromatic nitrogens is 1. The summed E-state index contributed by atoms with van der Waals surface area (Å²) in [5, 5.41) is 18.4. The first kappa shape index (κ1) is 13.8. The number of alkyl halides is 2. The van der Waals surface area contributed by atoms with Crippen molar-refractivity contribution in [2.45, 2.75) is 19.5 Å². The molecule has 0 fully saturated rings. The SMILES string of the molecule is C[C@H](O)c1cccnc1N(CCO)CC(F)F. The van der Waals surface area contributed by atoms with Gasteiger partial charge in [-0.2, -0.15) is 0 Å². The van der Waals surface area contributed by atoms with Crippen LogP contribution in [-0.2, 0) is 0 Å². The van der Waals surface area contributed by atoms with E-state index in [0.717, 1.165) is 0 Å². The molecule has 4 nitrogen and oxygen atoms in total. The molecule has 2 N–H and O–H groups in total. The number of aliphatic hydroxyl groups excluding tert-OH is 2. The third-order valence-electron chi connectivity index (χ3n) is 2.29. The van der Waals surface area contributed by atoms with E-state index >= 15 is 0 Å². The summed E-state index contributed by atoms with van der Waals surface area (Å²) < 4.78 is 24.8. The molecule has 17 heavy (non-hydrogen) atoms. The van der Waals surface area contributed by atoms with Gasteiger partial charge in [0.25, 0.3) is 6.43 Å². The highest BCUT2D eigenvalue weighted by molar-refractivity contribution is 5.47. The van der Waals surface area contributed by atoms with Crippen molar-refractivity contribution in [3.05, 3.63) is 23.9 Å². The maximum absolute atomic E-state index is 12.4. The van der Waals surface area contributed by atoms with Crippen LogP contribution in [0.1, 0.15) is 18.6 Å². The molecule has 0 aliphatic carbocycles. The van der Waals surface area contributed by atoms with E-state index in [1.54, 1.807) is 19.1 Å². The van der Waals surface area contributed by atoms with Gasteiger partial charge in [0.2, 0.25) is 0 Å². The number of rotatable bonds is 6. The molecule has 0 unspecified atom stereocenters. The number of nitrogens with zero attached hydrogens (tertiary/aromatic N) is 2. The lowest BCUT2D eigenvalue weighted by molar-refractivity contribution is 0.151. The standard InChI is InChI=1S/C11H16F2N2O2/c1-8(17)9-3-2-4-14-11(9)15(5-6-16)7-10(12)13/h2-4,8,10,16-17H,5-7H2,1H3/t8-/m0/s1. The first-order chi connectivity index (χ1) is 8.06. The van der Waals surface area contributed by atoms with Crippen LogP contribution in [0.3, 0.4) is 0 Å². The summed E-state index contributed by atoms with van der Waals surface area (Å²) in [7, 11) is 0. The summed E-state index contributed by atoms with van der Waals surface area (Å²) in [6, 6.07) is 3.26. The van der Waals surface area contributed by atoms with E-state index in [2.05, 4.69) is 4.98 Å². The molecule has 1 aromatic rings. The topological polar surface area (TPSA) is 56.6 Å². The lowest BCUT2D eigenvalue weighted by atomic mass is 10.1. The molecule has 0 amide bonds. The van der Waals surface area contributed by atoms with Crippen LogP contribution in [0, 0.1) is 0 Å². The summed E-state index contributed by atoms with van der Waals surface area (Å²) in [5.74, 6) is 0.289. The van der Waals surface area contributed by atoms with Crippen molar-refractivity contribution in [3.63, 3.8) is 0 Å². The van der Waals surface area contributed by atoms with Gasteiger partial charge in [0.15, 0.2) is 0 Å². The van der Waals surface area contributed by atoms with Crippen molar-refractivity contribution in [1.82, 2.24) is 4.98 Å². The number of aliphatic hydroxyl groups is 2. The molecule has 6 heteroatoms. The first-order valence-corrected chi connectivity index (χ1v) is 5.33. The molecule has 1 rings (SSSR count). The molecular weight excluding hydrogens is 230 g/mol. The van der Waals surface area contributed by atoms with Crippen molar-refractivity contribution in [2.24, 2.45) is 0 Å². The number of anilines is 1. The molecule has 1 atom stereocenters. The van der Waals surface area contributed by atoms with Gasteiger partial charge in [-0.1, -0.05) is 6.07 Å². The second-order valence-electron chi connectivity index (χ2n) is 3.65.